The second-order valence-electron chi connectivity index (χ2n) is 6.93. The van der Waals surface area contributed by atoms with Crippen molar-refractivity contribution in [2.45, 2.75) is 77.9 Å². The number of hydrogen-bond acceptors (Lipinski definition) is 3. The van der Waals surface area contributed by atoms with Gasteiger partial charge in [-0.15, -0.1) is 0 Å². The van der Waals surface area contributed by atoms with E-state index in [2.05, 4.69) is 37.1 Å². The van der Waals surface area contributed by atoms with E-state index in [0.29, 0.717) is 6.04 Å². The maximum absolute atomic E-state index is 4.93. The first kappa shape index (κ1) is 14.8. The summed E-state index contributed by atoms with van der Waals surface area (Å²) in [6, 6.07) is 3.59. The Morgan fingerprint density at radius 1 is 1.19 bits per heavy atom. The van der Waals surface area contributed by atoms with E-state index in [1.54, 1.807) is 0 Å². The van der Waals surface area contributed by atoms with Gasteiger partial charge in [0.25, 0.3) is 0 Å². The SMILES string of the molecule is Cc1cc(C)c(CNC2CC2)c(N2CCCCCC2C)n1. The molecule has 1 unspecified atom stereocenters. The number of nitrogens with zero attached hydrogens (tertiary/aromatic N) is 2. The summed E-state index contributed by atoms with van der Waals surface area (Å²) in [4.78, 5) is 7.50. The van der Waals surface area contributed by atoms with Gasteiger partial charge in [-0.3, -0.25) is 0 Å². The van der Waals surface area contributed by atoms with Crippen LogP contribution in [0, 0.1) is 13.8 Å². The van der Waals surface area contributed by atoms with Crippen molar-refractivity contribution in [3.05, 3.63) is 22.9 Å². The zero-order valence-corrected chi connectivity index (χ0v) is 13.8. The minimum absolute atomic E-state index is 0.612. The number of aryl methyl sites for hydroxylation is 2. The second-order valence-corrected chi connectivity index (χ2v) is 6.93. The second kappa shape index (κ2) is 6.35. The van der Waals surface area contributed by atoms with Crippen molar-refractivity contribution in [2.24, 2.45) is 0 Å². The van der Waals surface area contributed by atoms with Crippen LogP contribution in [0.15, 0.2) is 6.07 Å². The molecule has 0 amide bonds. The molecule has 1 aromatic rings. The third kappa shape index (κ3) is 3.57. The molecule has 0 bridgehead atoms. The summed E-state index contributed by atoms with van der Waals surface area (Å²) in [6.07, 6.45) is 8.00. The fourth-order valence-corrected chi connectivity index (χ4v) is 3.42. The molecule has 0 aromatic carbocycles. The molecule has 0 radical (unpaired) electrons. The summed E-state index contributed by atoms with van der Waals surface area (Å²) in [7, 11) is 0. The predicted molar refractivity (Wildman–Crippen MR) is 88.8 cm³/mol. The number of aromatic nitrogens is 1. The minimum Gasteiger partial charge on any atom is -0.354 e. The Morgan fingerprint density at radius 2 is 2.00 bits per heavy atom. The van der Waals surface area contributed by atoms with Gasteiger partial charge in [-0.1, -0.05) is 12.8 Å². The van der Waals surface area contributed by atoms with E-state index in [9.17, 15) is 0 Å². The number of hydrogen-bond donors (Lipinski definition) is 1. The molecule has 3 heteroatoms. The molecule has 2 heterocycles. The van der Waals surface area contributed by atoms with Crippen LogP contribution in [-0.4, -0.2) is 23.6 Å². The van der Waals surface area contributed by atoms with Crippen LogP contribution in [-0.2, 0) is 6.54 Å². The van der Waals surface area contributed by atoms with Crippen LogP contribution in [0.3, 0.4) is 0 Å². The Labute approximate surface area is 129 Å². The van der Waals surface area contributed by atoms with Crippen LogP contribution in [0.2, 0.25) is 0 Å². The Balaban J connectivity index is 1.89. The number of rotatable bonds is 4. The van der Waals surface area contributed by atoms with Gasteiger partial charge in [-0.25, -0.2) is 4.98 Å². The Hall–Kier alpha value is -1.09. The van der Waals surface area contributed by atoms with Gasteiger partial charge in [0.05, 0.1) is 0 Å². The van der Waals surface area contributed by atoms with Crippen LogP contribution in [0.4, 0.5) is 5.82 Å². The van der Waals surface area contributed by atoms with E-state index in [4.69, 9.17) is 4.98 Å². The van der Waals surface area contributed by atoms with Crippen molar-refractivity contribution in [3.63, 3.8) is 0 Å². The summed E-state index contributed by atoms with van der Waals surface area (Å²) < 4.78 is 0. The molecule has 1 N–H and O–H groups in total. The molecule has 1 aliphatic heterocycles. The minimum atomic E-state index is 0.612. The lowest BCUT2D eigenvalue weighted by Crippen LogP contribution is -2.35. The van der Waals surface area contributed by atoms with Crippen LogP contribution in [0.25, 0.3) is 0 Å². The zero-order chi connectivity index (χ0) is 14.8. The molecular weight excluding hydrogens is 258 g/mol. The largest absolute Gasteiger partial charge is 0.354 e. The molecule has 1 saturated heterocycles. The van der Waals surface area contributed by atoms with Crippen molar-refractivity contribution in [3.8, 4) is 0 Å². The number of nitrogens with one attached hydrogen (secondary N) is 1. The normalized spacial score (nSPS) is 23.2. The molecule has 1 aromatic heterocycles. The van der Waals surface area contributed by atoms with Crippen LogP contribution in [0.1, 0.15) is 62.3 Å². The highest BCUT2D eigenvalue weighted by molar-refractivity contribution is 5.52. The number of pyridine rings is 1. The lowest BCUT2D eigenvalue weighted by molar-refractivity contribution is 0.603. The van der Waals surface area contributed by atoms with Crippen molar-refractivity contribution in [2.75, 3.05) is 11.4 Å². The van der Waals surface area contributed by atoms with Crippen molar-refractivity contribution >= 4 is 5.82 Å². The summed E-state index contributed by atoms with van der Waals surface area (Å²) in [5, 5.41) is 3.68. The quantitative estimate of drug-likeness (QED) is 0.915. The monoisotopic (exact) mass is 287 g/mol. The molecule has 0 spiro atoms. The van der Waals surface area contributed by atoms with Gasteiger partial charge >= 0.3 is 0 Å². The highest BCUT2D eigenvalue weighted by atomic mass is 15.2. The molecule has 1 atom stereocenters. The fourth-order valence-electron chi connectivity index (χ4n) is 3.42. The summed E-state index contributed by atoms with van der Waals surface area (Å²) in [5.41, 5.74) is 3.96. The number of anilines is 1. The Morgan fingerprint density at radius 3 is 2.76 bits per heavy atom. The van der Waals surface area contributed by atoms with Gasteiger partial charge in [-0.2, -0.15) is 0 Å². The lowest BCUT2D eigenvalue weighted by atomic mass is 10.1. The van der Waals surface area contributed by atoms with Gasteiger partial charge in [0.1, 0.15) is 5.82 Å². The third-order valence-electron chi connectivity index (χ3n) is 4.92. The van der Waals surface area contributed by atoms with Gasteiger partial charge in [0.2, 0.25) is 0 Å². The van der Waals surface area contributed by atoms with Gasteiger partial charge < -0.3 is 10.2 Å². The maximum atomic E-state index is 4.93. The van der Waals surface area contributed by atoms with Crippen molar-refractivity contribution in [1.29, 1.82) is 0 Å². The van der Waals surface area contributed by atoms with E-state index >= 15 is 0 Å². The van der Waals surface area contributed by atoms with Crippen LogP contribution in [0.5, 0.6) is 0 Å². The Bertz CT molecular complexity index is 493. The first-order valence-electron chi connectivity index (χ1n) is 8.62. The van der Waals surface area contributed by atoms with Crippen molar-refractivity contribution < 1.29 is 0 Å². The highest BCUT2D eigenvalue weighted by Gasteiger charge is 2.25. The topological polar surface area (TPSA) is 28.2 Å². The lowest BCUT2D eigenvalue weighted by Gasteiger charge is -2.31. The molecule has 3 nitrogen and oxygen atoms in total. The standard InChI is InChI=1S/C18H29N3/c1-13-11-14(2)20-18(17(13)12-19-16-8-9-16)21-10-6-4-5-7-15(21)3/h11,15-16,19H,4-10,12H2,1-3H3. The molecular formula is C18H29N3. The van der Waals surface area contributed by atoms with Gasteiger partial charge in [-0.05, 0) is 58.1 Å². The first-order chi connectivity index (χ1) is 10.1. The summed E-state index contributed by atoms with van der Waals surface area (Å²) in [6.45, 7) is 8.86. The van der Waals surface area contributed by atoms with E-state index in [1.165, 1.54) is 55.5 Å². The summed E-state index contributed by atoms with van der Waals surface area (Å²) in [5.74, 6) is 1.25. The maximum Gasteiger partial charge on any atom is 0.133 e. The molecule has 1 saturated carbocycles. The Kier molecular flexibility index (Phi) is 4.48. The predicted octanol–water partition coefficient (Wildman–Crippen LogP) is 3.72. The van der Waals surface area contributed by atoms with Crippen molar-refractivity contribution in [1.82, 2.24) is 10.3 Å². The molecule has 1 aliphatic carbocycles. The van der Waals surface area contributed by atoms with E-state index in [-0.39, 0.29) is 0 Å². The average Bonchev–Trinajstić information content (AvgIpc) is 3.25. The first-order valence-corrected chi connectivity index (χ1v) is 8.62. The smallest absolute Gasteiger partial charge is 0.133 e. The van der Waals surface area contributed by atoms with E-state index < -0.39 is 0 Å². The third-order valence-corrected chi connectivity index (χ3v) is 4.92. The zero-order valence-electron chi connectivity index (χ0n) is 13.8. The molecule has 3 rings (SSSR count). The van der Waals surface area contributed by atoms with E-state index in [0.717, 1.165) is 24.8 Å². The van der Waals surface area contributed by atoms with Crippen LogP contribution >= 0.6 is 0 Å². The molecule has 2 aliphatic rings. The fraction of sp³-hybridized carbons (Fsp3) is 0.722. The van der Waals surface area contributed by atoms with Gasteiger partial charge in [0, 0.05) is 36.4 Å². The van der Waals surface area contributed by atoms with E-state index in [1.807, 2.05) is 0 Å². The molecule has 21 heavy (non-hydrogen) atoms. The molecule has 116 valence electrons. The highest BCUT2D eigenvalue weighted by Crippen LogP contribution is 2.29. The average molecular weight is 287 g/mol. The molecule has 2 fully saturated rings. The van der Waals surface area contributed by atoms with Crippen LogP contribution < -0.4 is 10.2 Å². The van der Waals surface area contributed by atoms with Gasteiger partial charge in [0.15, 0.2) is 0 Å². The summed E-state index contributed by atoms with van der Waals surface area (Å²) >= 11 is 0.